The van der Waals surface area contributed by atoms with Gasteiger partial charge in [-0.3, -0.25) is 0 Å². The summed E-state index contributed by atoms with van der Waals surface area (Å²) in [7, 11) is 0. The fourth-order valence-electron chi connectivity index (χ4n) is 1.47. The van der Waals surface area contributed by atoms with Crippen LogP contribution in [0, 0.1) is 0 Å². The molecule has 3 N–H and O–H groups in total. The van der Waals surface area contributed by atoms with Crippen LogP contribution in [0.4, 0.5) is 0 Å². The molecule has 17 heavy (non-hydrogen) atoms. The van der Waals surface area contributed by atoms with Crippen LogP contribution in [0.2, 0.25) is 0 Å². The molecule has 0 heterocycles. The third-order valence-electron chi connectivity index (χ3n) is 2.66. The van der Waals surface area contributed by atoms with E-state index in [1.165, 1.54) is 0 Å². The van der Waals surface area contributed by atoms with Crippen LogP contribution in [-0.4, -0.2) is 28.8 Å². The summed E-state index contributed by atoms with van der Waals surface area (Å²) in [5.41, 5.74) is 1.34. The lowest BCUT2D eigenvalue weighted by molar-refractivity contribution is 0.0697. The second-order valence-corrected chi connectivity index (χ2v) is 4.03. The predicted molar refractivity (Wildman–Crippen MR) is 66.0 cm³/mol. The number of benzene rings is 1. The Morgan fingerprint density at radius 1 is 1.35 bits per heavy atom. The molecule has 0 saturated carbocycles. The molecular formula is C13H19NO3. The van der Waals surface area contributed by atoms with Crippen molar-refractivity contribution in [3.8, 4) is 0 Å². The molecule has 0 spiro atoms. The van der Waals surface area contributed by atoms with E-state index in [4.69, 9.17) is 5.11 Å². The van der Waals surface area contributed by atoms with E-state index in [1.807, 2.05) is 6.92 Å². The van der Waals surface area contributed by atoms with Crippen LogP contribution in [0.3, 0.4) is 0 Å². The van der Waals surface area contributed by atoms with Crippen molar-refractivity contribution < 1.29 is 15.0 Å². The highest BCUT2D eigenvalue weighted by molar-refractivity contribution is 5.87. The number of rotatable bonds is 7. The molecule has 0 aliphatic heterocycles. The summed E-state index contributed by atoms with van der Waals surface area (Å²) in [5.74, 6) is -0.907. The molecule has 0 fully saturated rings. The average Bonchev–Trinajstić information content (AvgIpc) is 2.34. The van der Waals surface area contributed by atoms with E-state index in [1.54, 1.807) is 24.3 Å². The molecule has 0 aliphatic rings. The van der Waals surface area contributed by atoms with E-state index in [9.17, 15) is 9.90 Å². The number of aliphatic hydroxyl groups excluding tert-OH is 1. The van der Waals surface area contributed by atoms with Crippen molar-refractivity contribution in [2.24, 2.45) is 0 Å². The lowest BCUT2D eigenvalue weighted by Crippen LogP contribution is -2.19. The van der Waals surface area contributed by atoms with Gasteiger partial charge in [0.1, 0.15) is 0 Å². The molecule has 1 rings (SSSR count). The first-order chi connectivity index (χ1) is 8.13. The van der Waals surface area contributed by atoms with Crippen LogP contribution in [0.15, 0.2) is 24.3 Å². The molecule has 1 atom stereocenters. The van der Waals surface area contributed by atoms with Crippen LogP contribution in [0.25, 0.3) is 0 Å². The second-order valence-electron chi connectivity index (χ2n) is 4.03. The Morgan fingerprint density at radius 3 is 2.53 bits per heavy atom. The molecule has 1 aromatic rings. The summed E-state index contributed by atoms with van der Waals surface area (Å²) in [5, 5.41) is 21.3. The SMILES string of the molecule is CCC(O)CCNCc1ccc(C(=O)O)cc1. The van der Waals surface area contributed by atoms with E-state index >= 15 is 0 Å². The van der Waals surface area contributed by atoms with Gasteiger partial charge >= 0.3 is 5.97 Å². The zero-order valence-corrected chi connectivity index (χ0v) is 10.0. The van der Waals surface area contributed by atoms with Gasteiger partial charge in [-0.1, -0.05) is 19.1 Å². The second kappa shape index (κ2) is 7.04. The number of carboxylic acids is 1. The van der Waals surface area contributed by atoms with Crippen molar-refractivity contribution in [1.82, 2.24) is 5.32 Å². The topological polar surface area (TPSA) is 69.6 Å². The largest absolute Gasteiger partial charge is 0.478 e. The van der Waals surface area contributed by atoms with Gasteiger partial charge < -0.3 is 15.5 Å². The Morgan fingerprint density at radius 2 is 2.00 bits per heavy atom. The van der Waals surface area contributed by atoms with Crippen molar-refractivity contribution in [2.75, 3.05) is 6.54 Å². The summed E-state index contributed by atoms with van der Waals surface area (Å²) in [4.78, 5) is 10.6. The number of hydrogen-bond donors (Lipinski definition) is 3. The Hall–Kier alpha value is -1.39. The highest BCUT2D eigenvalue weighted by atomic mass is 16.4. The third kappa shape index (κ3) is 4.97. The van der Waals surface area contributed by atoms with Crippen molar-refractivity contribution in [1.29, 1.82) is 0 Å². The van der Waals surface area contributed by atoms with Crippen LogP contribution in [0.1, 0.15) is 35.7 Å². The molecule has 0 aromatic heterocycles. The number of carboxylic acid groups (broad SMARTS) is 1. The fourth-order valence-corrected chi connectivity index (χ4v) is 1.47. The monoisotopic (exact) mass is 237 g/mol. The van der Waals surface area contributed by atoms with E-state index < -0.39 is 5.97 Å². The zero-order chi connectivity index (χ0) is 12.7. The molecule has 94 valence electrons. The molecule has 0 aliphatic carbocycles. The first-order valence-electron chi connectivity index (χ1n) is 5.84. The lowest BCUT2D eigenvalue weighted by atomic mass is 10.1. The molecule has 4 nitrogen and oxygen atoms in total. The minimum atomic E-state index is -0.907. The highest BCUT2D eigenvalue weighted by Crippen LogP contribution is 2.04. The standard InChI is InChI=1S/C13H19NO3/c1-2-12(15)7-8-14-9-10-3-5-11(6-4-10)13(16)17/h3-6,12,14-15H,2,7-9H2,1H3,(H,16,17). The van der Waals surface area contributed by atoms with Crippen molar-refractivity contribution in [2.45, 2.75) is 32.4 Å². The summed E-state index contributed by atoms with van der Waals surface area (Å²) in [6.07, 6.45) is 1.27. The van der Waals surface area contributed by atoms with E-state index in [2.05, 4.69) is 5.32 Å². The first kappa shape index (κ1) is 13.7. The van der Waals surface area contributed by atoms with Crippen LogP contribution < -0.4 is 5.32 Å². The Labute approximate surface area is 101 Å². The van der Waals surface area contributed by atoms with Crippen LogP contribution in [-0.2, 0) is 6.54 Å². The molecule has 0 bridgehead atoms. The molecular weight excluding hydrogens is 218 g/mol. The van der Waals surface area contributed by atoms with Gasteiger partial charge in [0.25, 0.3) is 0 Å². The quantitative estimate of drug-likeness (QED) is 0.630. The molecule has 1 aromatic carbocycles. The molecule has 4 heteroatoms. The van der Waals surface area contributed by atoms with Crippen LogP contribution in [0.5, 0.6) is 0 Å². The molecule has 0 radical (unpaired) electrons. The third-order valence-corrected chi connectivity index (χ3v) is 2.66. The summed E-state index contributed by atoms with van der Waals surface area (Å²) < 4.78 is 0. The lowest BCUT2D eigenvalue weighted by Gasteiger charge is -2.08. The van der Waals surface area contributed by atoms with Crippen molar-refractivity contribution in [3.05, 3.63) is 35.4 Å². The number of aromatic carboxylic acids is 1. The number of carbonyl (C=O) groups is 1. The maximum Gasteiger partial charge on any atom is 0.335 e. The van der Waals surface area contributed by atoms with Crippen molar-refractivity contribution >= 4 is 5.97 Å². The van der Waals surface area contributed by atoms with E-state index in [0.717, 1.165) is 24.9 Å². The van der Waals surface area contributed by atoms with E-state index in [0.29, 0.717) is 12.1 Å². The Bertz CT molecular complexity index is 348. The van der Waals surface area contributed by atoms with Crippen molar-refractivity contribution in [3.63, 3.8) is 0 Å². The Kier molecular flexibility index (Phi) is 5.66. The fraction of sp³-hybridized carbons (Fsp3) is 0.462. The minimum Gasteiger partial charge on any atom is -0.478 e. The van der Waals surface area contributed by atoms with E-state index in [-0.39, 0.29) is 6.10 Å². The maximum absolute atomic E-state index is 10.6. The van der Waals surface area contributed by atoms with Gasteiger partial charge in [-0.25, -0.2) is 4.79 Å². The zero-order valence-electron chi connectivity index (χ0n) is 10.0. The Balaban J connectivity index is 2.30. The summed E-state index contributed by atoms with van der Waals surface area (Å²) in [6, 6.07) is 6.79. The first-order valence-corrected chi connectivity index (χ1v) is 5.84. The maximum atomic E-state index is 10.6. The van der Waals surface area contributed by atoms with Gasteiger partial charge in [0.2, 0.25) is 0 Å². The van der Waals surface area contributed by atoms with Gasteiger partial charge in [0.15, 0.2) is 0 Å². The van der Waals surface area contributed by atoms with Gasteiger partial charge in [-0.05, 0) is 37.1 Å². The van der Waals surface area contributed by atoms with Gasteiger partial charge in [-0.15, -0.1) is 0 Å². The minimum absolute atomic E-state index is 0.239. The molecule has 0 amide bonds. The average molecular weight is 237 g/mol. The van der Waals surface area contributed by atoms with Gasteiger partial charge in [0, 0.05) is 6.54 Å². The number of nitrogens with one attached hydrogen (secondary N) is 1. The molecule has 1 unspecified atom stereocenters. The van der Waals surface area contributed by atoms with Gasteiger partial charge in [0.05, 0.1) is 11.7 Å². The normalized spacial score (nSPS) is 12.4. The number of aliphatic hydroxyl groups is 1. The smallest absolute Gasteiger partial charge is 0.335 e. The van der Waals surface area contributed by atoms with Crippen LogP contribution >= 0.6 is 0 Å². The van der Waals surface area contributed by atoms with Gasteiger partial charge in [-0.2, -0.15) is 0 Å². The summed E-state index contributed by atoms with van der Waals surface area (Å²) in [6.45, 7) is 3.40. The molecule has 0 saturated heterocycles. The number of hydrogen-bond acceptors (Lipinski definition) is 3. The highest BCUT2D eigenvalue weighted by Gasteiger charge is 2.02. The predicted octanol–water partition coefficient (Wildman–Crippen LogP) is 1.64. The summed E-state index contributed by atoms with van der Waals surface area (Å²) >= 11 is 0.